The Hall–Kier alpha value is -1.61. The second kappa shape index (κ2) is 3.87. The van der Waals surface area contributed by atoms with Crippen molar-refractivity contribution in [2.24, 2.45) is 7.05 Å². The predicted molar refractivity (Wildman–Crippen MR) is 59.9 cm³/mol. The first-order valence-corrected chi connectivity index (χ1v) is 4.83. The fourth-order valence-electron chi connectivity index (χ4n) is 1.30. The van der Waals surface area contributed by atoms with Gasteiger partial charge in [0.05, 0.1) is 0 Å². The number of rotatable bonds is 1. The van der Waals surface area contributed by atoms with Crippen LogP contribution in [-0.2, 0) is 7.05 Å². The third-order valence-corrected chi connectivity index (χ3v) is 2.56. The second-order valence-electron chi connectivity index (χ2n) is 3.21. The van der Waals surface area contributed by atoms with Crippen molar-refractivity contribution in [2.45, 2.75) is 0 Å². The van der Waals surface area contributed by atoms with E-state index >= 15 is 0 Å². The molecule has 0 aliphatic carbocycles. The summed E-state index contributed by atoms with van der Waals surface area (Å²) >= 11 is 5.91. The summed E-state index contributed by atoms with van der Waals surface area (Å²) in [6.07, 6.45) is 3.39. The van der Waals surface area contributed by atoms with Gasteiger partial charge in [0.2, 0.25) is 0 Å². The first-order chi connectivity index (χ1) is 7.18. The Morgan fingerprint density at radius 1 is 1.33 bits per heavy atom. The van der Waals surface area contributed by atoms with Gasteiger partial charge in [-0.1, -0.05) is 17.7 Å². The van der Waals surface area contributed by atoms with Crippen LogP contribution in [0.3, 0.4) is 0 Å². The Labute approximate surface area is 92.0 Å². The molecule has 0 radical (unpaired) electrons. The van der Waals surface area contributed by atoms with E-state index in [0.29, 0.717) is 5.15 Å². The molecule has 0 aliphatic rings. The first kappa shape index (κ1) is 9.93. The molecular weight excluding hydrogens is 212 g/mol. The van der Waals surface area contributed by atoms with E-state index in [-0.39, 0.29) is 5.56 Å². The molecule has 3 nitrogen and oxygen atoms in total. The molecule has 2 aromatic rings. The maximum atomic E-state index is 11.5. The van der Waals surface area contributed by atoms with Crippen molar-refractivity contribution in [1.82, 2.24) is 9.55 Å². The standard InChI is InChI=1S/C11H9ClN2O/c1-14-10(12)5-9(6-11(14)15)8-3-2-4-13-7-8/h2-7H,1H3. The van der Waals surface area contributed by atoms with E-state index in [1.807, 2.05) is 12.1 Å². The molecule has 0 unspecified atom stereocenters. The van der Waals surface area contributed by atoms with Gasteiger partial charge in [0.15, 0.2) is 0 Å². The van der Waals surface area contributed by atoms with E-state index in [9.17, 15) is 4.79 Å². The summed E-state index contributed by atoms with van der Waals surface area (Å²) in [5.74, 6) is 0. The Balaban J connectivity index is 2.61. The SMILES string of the molecule is Cn1c(Cl)cc(-c2cccnc2)cc1=O. The third kappa shape index (κ3) is 1.92. The summed E-state index contributed by atoms with van der Waals surface area (Å²) < 4.78 is 1.39. The zero-order valence-corrected chi connectivity index (χ0v) is 8.90. The summed E-state index contributed by atoms with van der Waals surface area (Å²) in [5.41, 5.74) is 1.55. The van der Waals surface area contributed by atoms with Crippen molar-refractivity contribution in [3.63, 3.8) is 0 Å². The highest BCUT2D eigenvalue weighted by Crippen LogP contribution is 2.19. The van der Waals surface area contributed by atoms with Gasteiger partial charge in [0.1, 0.15) is 5.15 Å². The summed E-state index contributed by atoms with van der Waals surface area (Å²) in [6.45, 7) is 0. The molecule has 0 fully saturated rings. The summed E-state index contributed by atoms with van der Waals surface area (Å²) in [5, 5.41) is 0.418. The van der Waals surface area contributed by atoms with Gasteiger partial charge >= 0.3 is 0 Å². The maximum absolute atomic E-state index is 11.5. The molecule has 2 heterocycles. The Morgan fingerprint density at radius 2 is 2.13 bits per heavy atom. The lowest BCUT2D eigenvalue weighted by atomic mass is 10.1. The molecule has 0 saturated carbocycles. The lowest BCUT2D eigenvalue weighted by Gasteiger charge is -2.04. The van der Waals surface area contributed by atoms with E-state index in [1.165, 1.54) is 4.57 Å². The highest BCUT2D eigenvalue weighted by molar-refractivity contribution is 6.29. The van der Waals surface area contributed by atoms with Gasteiger partial charge in [0, 0.05) is 31.1 Å². The van der Waals surface area contributed by atoms with Crippen LogP contribution in [0.2, 0.25) is 5.15 Å². The van der Waals surface area contributed by atoms with Gasteiger partial charge < -0.3 is 4.57 Å². The number of pyridine rings is 2. The molecular formula is C11H9ClN2O. The number of hydrogen-bond donors (Lipinski definition) is 0. The number of halogens is 1. The highest BCUT2D eigenvalue weighted by Gasteiger charge is 2.03. The molecule has 0 aromatic carbocycles. The molecule has 76 valence electrons. The Morgan fingerprint density at radius 3 is 2.73 bits per heavy atom. The van der Waals surface area contributed by atoms with Gasteiger partial charge in [-0.2, -0.15) is 0 Å². The molecule has 15 heavy (non-hydrogen) atoms. The lowest BCUT2D eigenvalue weighted by molar-refractivity contribution is 0.862. The van der Waals surface area contributed by atoms with Crippen molar-refractivity contribution in [2.75, 3.05) is 0 Å². The molecule has 0 saturated heterocycles. The summed E-state index contributed by atoms with van der Waals surface area (Å²) in [4.78, 5) is 15.5. The fourth-order valence-corrected chi connectivity index (χ4v) is 1.50. The van der Waals surface area contributed by atoms with Crippen molar-refractivity contribution >= 4 is 11.6 Å². The minimum atomic E-state index is -0.124. The van der Waals surface area contributed by atoms with Crippen molar-refractivity contribution < 1.29 is 0 Å². The largest absolute Gasteiger partial charge is 0.302 e. The predicted octanol–water partition coefficient (Wildman–Crippen LogP) is 2.10. The van der Waals surface area contributed by atoms with Crippen LogP contribution >= 0.6 is 11.6 Å². The number of hydrogen-bond acceptors (Lipinski definition) is 2. The monoisotopic (exact) mass is 220 g/mol. The van der Waals surface area contributed by atoms with Crippen LogP contribution in [0.25, 0.3) is 11.1 Å². The van der Waals surface area contributed by atoms with Crippen LogP contribution in [-0.4, -0.2) is 9.55 Å². The second-order valence-corrected chi connectivity index (χ2v) is 3.59. The van der Waals surface area contributed by atoms with E-state index in [2.05, 4.69) is 4.98 Å². The average Bonchev–Trinajstić information content (AvgIpc) is 2.26. The van der Waals surface area contributed by atoms with Gasteiger partial charge in [-0.05, 0) is 17.7 Å². The van der Waals surface area contributed by atoms with E-state index in [1.54, 1.807) is 31.6 Å². The van der Waals surface area contributed by atoms with Crippen LogP contribution in [0.15, 0.2) is 41.5 Å². The van der Waals surface area contributed by atoms with Crippen LogP contribution in [0, 0.1) is 0 Å². The highest BCUT2D eigenvalue weighted by atomic mass is 35.5. The number of nitrogens with zero attached hydrogens (tertiary/aromatic N) is 2. The molecule has 0 spiro atoms. The third-order valence-electron chi connectivity index (χ3n) is 2.20. The van der Waals surface area contributed by atoms with Crippen LogP contribution in [0.1, 0.15) is 0 Å². The van der Waals surface area contributed by atoms with E-state index < -0.39 is 0 Å². The van der Waals surface area contributed by atoms with Gasteiger partial charge in [-0.3, -0.25) is 9.78 Å². The first-order valence-electron chi connectivity index (χ1n) is 4.45. The van der Waals surface area contributed by atoms with Gasteiger partial charge in [-0.15, -0.1) is 0 Å². The Bertz CT molecular complexity index is 534. The molecule has 2 aromatic heterocycles. The summed E-state index contributed by atoms with van der Waals surface area (Å²) in [7, 11) is 1.64. The van der Waals surface area contributed by atoms with Crippen LogP contribution < -0.4 is 5.56 Å². The smallest absolute Gasteiger partial charge is 0.252 e. The molecule has 2 rings (SSSR count). The van der Waals surface area contributed by atoms with Crippen molar-refractivity contribution in [3.8, 4) is 11.1 Å². The minimum Gasteiger partial charge on any atom is -0.302 e. The normalized spacial score (nSPS) is 10.3. The Kier molecular flexibility index (Phi) is 2.56. The molecule has 4 heteroatoms. The minimum absolute atomic E-state index is 0.124. The quantitative estimate of drug-likeness (QED) is 0.690. The number of aromatic nitrogens is 2. The van der Waals surface area contributed by atoms with Crippen molar-refractivity contribution in [1.29, 1.82) is 0 Å². The van der Waals surface area contributed by atoms with Crippen LogP contribution in [0.5, 0.6) is 0 Å². The average molecular weight is 221 g/mol. The van der Waals surface area contributed by atoms with Crippen LogP contribution in [0.4, 0.5) is 0 Å². The molecule has 0 aliphatic heterocycles. The molecule has 0 amide bonds. The molecule has 0 bridgehead atoms. The topological polar surface area (TPSA) is 34.9 Å². The molecule has 0 N–H and O–H groups in total. The van der Waals surface area contributed by atoms with Gasteiger partial charge in [0.25, 0.3) is 5.56 Å². The zero-order valence-electron chi connectivity index (χ0n) is 8.14. The molecule has 0 atom stereocenters. The van der Waals surface area contributed by atoms with Gasteiger partial charge in [-0.25, -0.2) is 0 Å². The maximum Gasteiger partial charge on any atom is 0.252 e. The summed E-state index contributed by atoms with van der Waals surface area (Å²) in [6, 6.07) is 7.00. The fraction of sp³-hybridized carbons (Fsp3) is 0.0909. The van der Waals surface area contributed by atoms with Crippen molar-refractivity contribution in [3.05, 3.63) is 52.2 Å². The van der Waals surface area contributed by atoms with E-state index in [4.69, 9.17) is 11.6 Å². The zero-order chi connectivity index (χ0) is 10.8. The van der Waals surface area contributed by atoms with E-state index in [0.717, 1.165) is 11.1 Å². The lowest BCUT2D eigenvalue weighted by Crippen LogP contribution is -2.15.